The van der Waals surface area contributed by atoms with Crippen molar-refractivity contribution in [3.63, 3.8) is 0 Å². The van der Waals surface area contributed by atoms with Crippen LogP contribution in [0.1, 0.15) is 12.0 Å². The number of nitrogens with zero attached hydrogens (tertiary/aromatic N) is 3. The molecule has 1 N–H and O–H groups in total. The van der Waals surface area contributed by atoms with Gasteiger partial charge in [0.2, 0.25) is 5.95 Å². The Bertz CT molecular complexity index is 1230. The minimum atomic E-state index is -0.176. The summed E-state index contributed by atoms with van der Waals surface area (Å²) in [4.78, 5) is 27.3. The minimum Gasteiger partial charge on any atom is -0.494 e. The number of pyridine rings is 1. The zero-order chi connectivity index (χ0) is 20.3. The van der Waals surface area contributed by atoms with Crippen LogP contribution < -0.4 is 15.2 Å². The molecular weight excluding hydrogens is 396 g/mol. The molecule has 150 valence electrons. The van der Waals surface area contributed by atoms with Crippen molar-refractivity contribution in [3.8, 4) is 5.75 Å². The number of H-pyrrole nitrogens is 1. The van der Waals surface area contributed by atoms with Crippen LogP contribution >= 0.6 is 11.8 Å². The van der Waals surface area contributed by atoms with E-state index in [-0.39, 0.29) is 5.56 Å². The SMILES string of the molecule is O=c1[nH]c(N2C=CC3=CCSC3=C2)nc2ccc(OCCCc3ccncc3)cc12. The Morgan fingerprint density at radius 1 is 1.20 bits per heavy atom. The number of ether oxygens (including phenoxy) is 1. The summed E-state index contributed by atoms with van der Waals surface area (Å²) in [5, 5.41) is 0.523. The molecule has 7 heteroatoms. The van der Waals surface area contributed by atoms with Crippen LogP contribution in [0.5, 0.6) is 5.75 Å². The van der Waals surface area contributed by atoms with Crippen LogP contribution in [0.15, 0.2) is 82.6 Å². The first kappa shape index (κ1) is 18.7. The van der Waals surface area contributed by atoms with Crippen molar-refractivity contribution in [2.24, 2.45) is 0 Å². The smallest absolute Gasteiger partial charge is 0.260 e. The van der Waals surface area contributed by atoms with Crippen molar-refractivity contribution in [1.82, 2.24) is 15.0 Å². The Morgan fingerprint density at radius 2 is 2.10 bits per heavy atom. The second kappa shape index (κ2) is 8.20. The van der Waals surface area contributed by atoms with E-state index in [9.17, 15) is 4.79 Å². The van der Waals surface area contributed by atoms with Crippen LogP contribution in [-0.2, 0) is 6.42 Å². The summed E-state index contributed by atoms with van der Waals surface area (Å²) in [6.07, 6.45) is 13.6. The lowest BCUT2D eigenvalue weighted by atomic mass is 10.1. The highest BCUT2D eigenvalue weighted by molar-refractivity contribution is 8.03. The number of hydrogen-bond acceptors (Lipinski definition) is 6. The maximum atomic E-state index is 12.7. The van der Waals surface area contributed by atoms with Gasteiger partial charge < -0.3 is 4.74 Å². The molecule has 0 radical (unpaired) electrons. The number of allylic oxidation sites excluding steroid dienone is 2. The fraction of sp³-hybridized carbons (Fsp3) is 0.174. The van der Waals surface area contributed by atoms with E-state index in [2.05, 4.69) is 21.0 Å². The first-order valence-electron chi connectivity index (χ1n) is 9.84. The average molecular weight is 417 g/mol. The molecule has 0 bridgehead atoms. The van der Waals surface area contributed by atoms with Gasteiger partial charge in [-0.3, -0.25) is 19.7 Å². The number of nitrogens with one attached hydrogen (secondary N) is 1. The van der Waals surface area contributed by atoms with E-state index < -0.39 is 0 Å². The second-order valence-corrected chi connectivity index (χ2v) is 8.12. The van der Waals surface area contributed by atoms with E-state index in [0.717, 1.165) is 18.6 Å². The van der Waals surface area contributed by atoms with Gasteiger partial charge in [-0.2, -0.15) is 0 Å². The Morgan fingerprint density at radius 3 is 3.00 bits per heavy atom. The first-order chi connectivity index (χ1) is 14.8. The van der Waals surface area contributed by atoms with Crippen LogP contribution in [-0.4, -0.2) is 27.3 Å². The molecule has 6 nitrogen and oxygen atoms in total. The minimum absolute atomic E-state index is 0.176. The summed E-state index contributed by atoms with van der Waals surface area (Å²) < 4.78 is 5.85. The van der Waals surface area contributed by atoms with E-state index in [1.54, 1.807) is 30.2 Å². The number of benzene rings is 1. The van der Waals surface area contributed by atoms with E-state index in [1.807, 2.05) is 47.6 Å². The molecular formula is C23H20N4O2S. The molecule has 0 spiro atoms. The zero-order valence-corrected chi connectivity index (χ0v) is 17.1. The quantitative estimate of drug-likeness (QED) is 0.608. The van der Waals surface area contributed by atoms with Crippen LogP contribution in [0.4, 0.5) is 5.95 Å². The maximum absolute atomic E-state index is 12.7. The zero-order valence-electron chi connectivity index (χ0n) is 16.2. The van der Waals surface area contributed by atoms with Gasteiger partial charge in [-0.1, -0.05) is 6.08 Å². The predicted molar refractivity (Wildman–Crippen MR) is 121 cm³/mol. The Balaban J connectivity index is 1.30. The van der Waals surface area contributed by atoms with Crippen molar-refractivity contribution in [3.05, 3.63) is 93.7 Å². The molecule has 2 aliphatic rings. The summed E-state index contributed by atoms with van der Waals surface area (Å²) in [6.45, 7) is 0.580. The van der Waals surface area contributed by atoms with Crippen molar-refractivity contribution < 1.29 is 4.74 Å². The number of aryl methyl sites for hydroxylation is 1. The van der Waals surface area contributed by atoms with Crippen LogP contribution in [0.25, 0.3) is 10.9 Å². The van der Waals surface area contributed by atoms with Gasteiger partial charge in [0, 0.05) is 35.5 Å². The molecule has 0 saturated heterocycles. The summed E-state index contributed by atoms with van der Waals surface area (Å²) >= 11 is 1.78. The molecule has 0 aliphatic carbocycles. The van der Waals surface area contributed by atoms with Crippen molar-refractivity contribution in [1.29, 1.82) is 0 Å². The average Bonchev–Trinajstić information content (AvgIpc) is 3.25. The molecule has 5 rings (SSSR count). The monoisotopic (exact) mass is 416 g/mol. The number of aromatic amines is 1. The highest BCUT2D eigenvalue weighted by atomic mass is 32.2. The summed E-state index contributed by atoms with van der Waals surface area (Å²) in [6, 6.07) is 9.48. The van der Waals surface area contributed by atoms with Gasteiger partial charge in [-0.05, 0) is 60.4 Å². The molecule has 2 aliphatic heterocycles. The van der Waals surface area contributed by atoms with Gasteiger partial charge in [-0.25, -0.2) is 4.98 Å². The third kappa shape index (κ3) is 3.89. The second-order valence-electron chi connectivity index (χ2n) is 7.06. The van der Waals surface area contributed by atoms with Crippen LogP contribution in [0.2, 0.25) is 0 Å². The fourth-order valence-corrected chi connectivity index (χ4v) is 4.41. The number of thioether (sulfide) groups is 1. The lowest BCUT2D eigenvalue weighted by molar-refractivity contribution is 0.311. The van der Waals surface area contributed by atoms with Crippen molar-refractivity contribution in [2.75, 3.05) is 17.3 Å². The highest BCUT2D eigenvalue weighted by Crippen LogP contribution is 2.35. The summed E-state index contributed by atoms with van der Waals surface area (Å²) in [5.41, 5.74) is 2.93. The van der Waals surface area contributed by atoms with Gasteiger partial charge in [0.1, 0.15) is 5.75 Å². The number of anilines is 1. The van der Waals surface area contributed by atoms with Gasteiger partial charge in [0.15, 0.2) is 0 Å². The van der Waals surface area contributed by atoms with Crippen molar-refractivity contribution in [2.45, 2.75) is 12.8 Å². The standard InChI is InChI=1S/C23H20N4O2S/c28-22-19-14-18(29-12-1-2-16-5-9-24-10-6-16)3-4-20(19)25-23(26-22)27-11-7-17-8-13-30-21(17)15-27/h3-11,14-15H,1-2,12-13H2,(H,25,26,28). The third-order valence-corrected chi connectivity index (χ3v) is 6.02. The van der Waals surface area contributed by atoms with Crippen LogP contribution in [0, 0.1) is 0 Å². The van der Waals surface area contributed by atoms with Gasteiger partial charge in [0.25, 0.3) is 5.56 Å². The molecule has 0 atom stereocenters. The molecule has 4 heterocycles. The van der Waals surface area contributed by atoms with Gasteiger partial charge >= 0.3 is 0 Å². The maximum Gasteiger partial charge on any atom is 0.260 e. The molecule has 0 unspecified atom stereocenters. The fourth-order valence-electron chi connectivity index (χ4n) is 3.46. The Labute approximate surface area is 178 Å². The van der Waals surface area contributed by atoms with E-state index >= 15 is 0 Å². The normalized spacial score (nSPS) is 15.1. The number of fused-ring (bicyclic) bond motifs is 2. The number of rotatable bonds is 6. The molecule has 3 aromatic rings. The predicted octanol–water partition coefficient (Wildman–Crippen LogP) is 4.18. The van der Waals surface area contributed by atoms with E-state index in [0.29, 0.717) is 29.2 Å². The molecule has 1 aromatic carbocycles. The van der Waals surface area contributed by atoms with Gasteiger partial charge in [-0.15, -0.1) is 11.8 Å². The highest BCUT2D eigenvalue weighted by Gasteiger charge is 2.17. The molecule has 0 fully saturated rings. The van der Waals surface area contributed by atoms with Crippen molar-refractivity contribution >= 4 is 28.6 Å². The molecule has 2 aromatic heterocycles. The number of hydrogen-bond donors (Lipinski definition) is 1. The summed E-state index contributed by atoms with van der Waals surface area (Å²) in [5.74, 6) is 2.16. The lowest BCUT2D eigenvalue weighted by Crippen LogP contribution is -2.19. The summed E-state index contributed by atoms with van der Waals surface area (Å²) in [7, 11) is 0. The lowest BCUT2D eigenvalue weighted by Gasteiger charge is -2.19. The topological polar surface area (TPSA) is 71.1 Å². The Hall–Kier alpha value is -3.32. The Kier molecular flexibility index (Phi) is 5.11. The van der Waals surface area contributed by atoms with Crippen LogP contribution in [0.3, 0.4) is 0 Å². The number of aromatic nitrogens is 3. The van der Waals surface area contributed by atoms with E-state index in [4.69, 9.17) is 4.74 Å². The third-order valence-electron chi connectivity index (χ3n) is 5.03. The largest absolute Gasteiger partial charge is 0.494 e. The molecule has 0 saturated carbocycles. The first-order valence-corrected chi connectivity index (χ1v) is 10.8. The molecule has 0 amide bonds. The molecule has 30 heavy (non-hydrogen) atoms. The van der Waals surface area contributed by atoms with Gasteiger partial charge in [0.05, 0.1) is 17.5 Å². The van der Waals surface area contributed by atoms with E-state index in [1.165, 1.54) is 16.0 Å².